The zero-order chi connectivity index (χ0) is 25.5. The summed E-state index contributed by atoms with van der Waals surface area (Å²) in [5.74, 6) is -0.0710. The number of nitrogens with zero attached hydrogens (tertiary/aromatic N) is 1. The standard InChI is InChI=1S/C28H33NO7/c1-34-25-15-19(11-12-24(25)36-18-20-7-3-2-4-8-20)13-14-35-23-10-6-5-9-22(23)29-26(30)16-21(28(29)33)17-27(31)32/h2-4,7-8,11-12,15-16,22-23,30,33H,5-6,9-10,13-14,17-18H2,1H3,(H,31,32)/t22-,23-/m1/s1. The Kier molecular flexibility index (Phi) is 8.38. The Morgan fingerprint density at radius 3 is 2.53 bits per heavy atom. The molecule has 0 saturated heterocycles. The lowest BCUT2D eigenvalue weighted by Gasteiger charge is -2.33. The van der Waals surface area contributed by atoms with Gasteiger partial charge in [0.15, 0.2) is 23.3 Å². The van der Waals surface area contributed by atoms with E-state index in [4.69, 9.17) is 19.3 Å². The number of aromatic nitrogens is 1. The van der Waals surface area contributed by atoms with Gasteiger partial charge in [0, 0.05) is 11.6 Å². The highest BCUT2D eigenvalue weighted by atomic mass is 16.5. The molecule has 1 fully saturated rings. The van der Waals surface area contributed by atoms with Crippen LogP contribution in [-0.4, -0.2) is 45.7 Å². The van der Waals surface area contributed by atoms with E-state index in [0.29, 0.717) is 31.1 Å². The van der Waals surface area contributed by atoms with Gasteiger partial charge in [0.1, 0.15) is 6.61 Å². The van der Waals surface area contributed by atoms with Gasteiger partial charge in [0.05, 0.1) is 32.3 Å². The zero-order valence-corrected chi connectivity index (χ0v) is 20.4. The van der Waals surface area contributed by atoms with Crippen LogP contribution >= 0.6 is 0 Å². The van der Waals surface area contributed by atoms with E-state index in [2.05, 4.69) is 0 Å². The van der Waals surface area contributed by atoms with Crippen molar-refractivity contribution < 1.29 is 34.3 Å². The van der Waals surface area contributed by atoms with Gasteiger partial charge >= 0.3 is 5.97 Å². The molecular weight excluding hydrogens is 462 g/mol. The Balaban J connectivity index is 1.37. The summed E-state index contributed by atoms with van der Waals surface area (Å²) in [7, 11) is 1.62. The number of hydrogen-bond acceptors (Lipinski definition) is 6. The molecule has 0 spiro atoms. The summed E-state index contributed by atoms with van der Waals surface area (Å²) in [5, 5.41) is 30.1. The molecule has 1 aromatic heterocycles. The van der Waals surface area contributed by atoms with Crippen molar-refractivity contribution in [2.75, 3.05) is 13.7 Å². The molecule has 3 aromatic rings. The quantitative estimate of drug-likeness (QED) is 0.349. The van der Waals surface area contributed by atoms with Gasteiger partial charge in [-0.25, -0.2) is 0 Å². The number of rotatable bonds is 11. The van der Waals surface area contributed by atoms with Gasteiger partial charge in [0.25, 0.3) is 0 Å². The van der Waals surface area contributed by atoms with E-state index in [1.54, 1.807) is 7.11 Å². The molecule has 0 unspecified atom stereocenters. The largest absolute Gasteiger partial charge is 0.494 e. The van der Waals surface area contributed by atoms with Crippen molar-refractivity contribution in [2.45, 2.75) is 57.3 Å². The summed E-state index contributed by atoms with van der Waals surface area (Å²) in [6.07, 6.45) is 3.57. The molecule has 0 amide bonds. The summed E-state index contributed by atoms with van der Waals surface area (Å²) in [6, 6.07) is 16.8. The molecule has 1 heterocycles. The number of ether oxygens (including phenoxy) is 3. The Morgan fingerprint density at radius 1 is 1.00 bits per heavy atom. The van der Waals surface area contributed by atoms with Crippen LogP contribution in [0.2, 0.25) is 0 Å². The first-order chi connectivity index (χ1) is 17.5. The van der Waals surface area contributed by atoms with Crippen LogP contribution in [0.3, 0.4) is 0 Å². The third-order valence-corrected chi connectivity index (χ3v) is 6.59. The number of carbonyl (C=O) groups is 1. The number of carboxylic acids is 1. The van der Waals surface area contributed by atoms with Gasteiger partial charge in [0.2, 0.25) is 0 Å². The van der Waals surface area contributed by atoms with E-state index < -0.39 is 5.97 Å². The molecule has 1 aliphatic carbocycles. The molecule has 36 heavy (non-hydrogen) atoms. The second kappa shape index (κ2) is 11.9. The molecular formula is C28H33NO7. The molecule has 4 rings (SSSR count). The van der Waals surface area contributed by atoms with Crippen LogP contribution in [0.5, 0.6) is 23.3 Å². The fourth-order valence-corrected chi connectivity index (χ4v) is 4.79. The summed E-state index contributed by atoms with van der Waals surface area (Å²) >= 11 is 0. The highest BCUT2D eigenvalue weighted by molar-refractivity contribution is 5.71. The van der Waals surface area contributed by atoms with E-state index in [1.807, 2.05) is 48.5 Å². The average molecular weight is 496 g/mol. The summed E-state index contributed by atoms with van der Waals surface area (Å²) in [5.41, 5.74) is 2.32. The first-order valence-corrected chi connectivity index (χ1v) is 12.3. The number of aliphatic carboxylic acids is 1. The van der Waals surface area contributed by atoms with Gasteiger partial charge < -0.3 is 29.5 Å². The molecule has 8 heteroatoms. The van der Waals surface area contributed by atoms with Crippen molar-refractivity contribution in [1.82, 2.24) is 4.57 Å². The molecule has 0 radical (unpaired) electrons. The van der Waals surface area contributed by atoms with Crippen LogP contribution in [0.4, 0.5) is 0 Å². The predicted octanol–water partition coefficient (Wildman–Crippen LogP) is 4.86. The van der Waals surface area contributed by atoms with E-state index in [1.165, 1.54) is 10.6 Å². The molecule has 0 bridgehead atoms. The van der Waals surface area contributed by atoms with Crippen LogP contribution in [0.25, 0.3) is 0 Å². The Labute approximate surface area is 210 Å². The van der Waals surface area contributed by atoms with Gasteiger partial charge in [-0.2, -0.15) is 0 Å². The maximum atomic E-state index is 11.1. The molecule has 2 atom stereocenters. The normalized spacial score (nSPS) is 17.6. The SMILES string of the molecule is COc1cc(CCO[C@@H]2CCCC[C@H]2n2c(O)cc(CC(=O)O)c2O)ccc1OCc1ccccc1. The fourth-order valence-electron chi connectivity index (χ4n) is 4.79. The van der Waals surface area contributed by atoms with Crippen molar-refractivity contribution in [1.29, 1.82) is 0 Å². The van der Waals surface area contributed by atoms with Crippen LogP contribution < -0.4 is 9.47 Å². The number of hydrogen-bond donors (Lipinski definition) is 3. The first-order valence-electron chi connectivity index (χ1n) is 12.3. The molecule has 1 saturated carbocycles. The minimum absolute atomic E-state index is 0.139. The maximum absolute atomic E-state index is 11.1. The van der Waals surface area contributed by atoms with Gasteiger partial charge in [-0.3, -0.25) is 9.36 Å². The lowest BCUT2D eigenvalue weighted by atomic mass is 9.92. The lowest BCUT2D eigenvalue weighted by molar-refractivity contribution is -0.136. The molecule has 1 aliphatic rings. The molecule has 2 aromatic carbocycles. The van der Waals surface area contributed by atoms with E-state index in [-0.39, 0.29) is 35.9 Å². The van der Waals surface area contributed by atoms with E-state index in [9.17, 15) is 15.0 Å². The summed E-state index contributed by atoms with van der Waals surface area (Å²) in [4.78, 5) is 11.1. The zero-order valence-electron chi connectivity index (χ0n) is 20.4. The number of aromatic hydroxyl groups is 2. The Morgan fingerprint density at radius 2 is 1.78 bits per heavy atom. The Bertz CT molecular complexity index is 1160. The Hall–Kier alpha value is -3.65. The molecule has 0 aliphatic heterocycles. The highest BCUT2D eigenvalue weighted by Gasteiger charge is 2.32. The van der Waals surface area contributed by atoms with Crippen molar-refractivity contribution in [3.05, 3.63) is 71.3 Å². The van der Waals surface area contributed by atoms with Crippen molar-refractivity contribution in [3.63, 3.8) is 0 Å². The second-order valence-corrected chi connectivity index (χ2v) is 9.06. The van der Waals surface area contributed by atoms with Crippen molar-refractivity contribution >= 4 is 5.97 Å². The van der Waals surface area contributed by atoms with Crippen molar-refractivity contribution in [2.24, 2.45) is 0 Å². The smallest absolute Gasteiger partial charge is 0.308 e. The van der Waals surface area contributed by atoms with Crippen LogP contribution in [0, 0.1) is 0 Å². The van der Waals surface area contributed by atoms with E-state index >= 15 is 0 Å². The van der Waals surface area contributed by atoms with Crippen molar-refractivity contribution in [3.8, 4) is 23.3 Å². The molecule has 8 nitrogen and oxygen atoms in total. The predicted molar refractivity (Wildman–Crippen MR) is 134 cm³/mol. The van der Waals surface area contributed by atoms with Gasteiger partial charge in [-0.05, 0) is 42.5 Å². The number of carboxylic acid groups (broad SMARTS) is 1. The van der Waals surface area contributed by atoms with Crippen LogP contribution in [0.15, 0.2) is 54.6 Å². The summed E-state index contributed by atoms with van der Waals surface area (Å²) in [6.45, 7) is 0.912. The first kappa shape index (κ1) is 25.4. The minimum atomic E-state index is -1.06. The topological polar surface area (TPSA) is 110 Å². The third kappa shape index (κ3) is 6.12. The summed E-state index contributed by atoms with van der Waals surface area (Å²) < 4.78 is 19.1. The average Bonchev–Trinajstić information content (AvgIpc) is 3.15. The van der Waals surface area contributed by atoms with Gasteiger partial charge in [-0.15, -0.1) is 0 Å². The number of benzene rings is 2. The monoisotopic (exact) mass is 495 g/mol. The van der Waals surface area contributed by atoms with Crippen LogP contribution in [0.1, 0.15) is 48.4 Å². The number of methoxy groups -OCH3 is 1. The van der Waals surface area contributed by atoms with Gasteiger partial charge in [-0.1, -0.05) is 49.2 Å². The van der Waals surface area contributed by atoms with Crippen LogP contribution in [-0.2, 0) is 29.0 Å². The minimum Gasteiger partial charge on any atom is -0.494 e. The second-order valence-electron chi connectivity index (χ2n) is 9.06. The molecule has 3 N–H and O–H groups in total. The fraction of sp³-hybridized carbons (Fsp3) is 0.393. The van der Waals surface area contributed by atoms with E-state index in [0.717, 1.165) is 36.8 Å². The maximum Gasteiger partial charge on any atom is 0.308 e. The lowest BCUT2D eigenvalue weighted by Crippen LogP contribution is -2.30. The highest BCUT2D eigenvalue weighted by Crippen LogP contribution is 2.40. The third-order valence-electron chi connectivity index (χ3n) is 6.59. The molecule has 192 valence electrons.